The summed E-state index contributed by atoms with van der Waals surface area (Å²) < 4.78 is 6.10. The van der Waals surface area contributed by atoms with E-state index in [0.29, 0.717) is 12.1 Å². The van der Waals surface area contributed by atoms with Crippen molar-refractivity contribution in [2.75, 3.05) is 13.7 Å². The van der Waals surface area contributed by atoms with Crippen LogP contribution in [0, 0.1) is 0 Å². The largest absolute Gasteiger partial charge is 0.374 e. The predicted octanol–water partition coefficient (Wildman–Crippen LogP) is 3.86. The summed E-state index contributed by atoms with van der Waals surface area (Å²) >= 11 is 0. The zero-order valence-electron chi connectivity index (χ0n) is 12.3. The van der Waals surface area contributed by atoms with E-state index >= 15 is 0 Å². The van der Waals surface area contributed by atoms with Crippen LogP contribution >= 0.6 is 0 Å². The fourth-order valence-electron chi connectivity index (χ4n) is 2.81. The molecule has 1 aromatic carbocycles. The van der Waals surface area contributed by atoms with Crippen LogP contribution in [0.4, 0.5) is 0 Å². The van der Waals surface area contributed by atoms with Crippen LogP contribution in [-0.2, 0) is 11.2 Å². The Kier molecular flexibility index (Phi) is 5.87. The van der Waals surface area contributed by atoms with E-state index < -0.39 is 0 Å². The molecule has 0 saturated heterocycles. The normalized spacial score (nSPS) is 20.0. The van der Waals surface area contributed by atoms with Crippen LogP contribution in [0.5, 0.6) is 0 Å². The smallest absolute Gasteiger partial charge is 0.0827 e. The molecule has 0 spiro atoms. The van der Waals surface area contributed by atoms with Gasteiger partial charge in [-0.05, 0) is 63.6 Å². The number of fused-ring (bicyclic) bond motifs is 1. The zero-order valence-corrected chi connectivity index (χ0v) is 12.3. The average molecular weight is 261 g/mol. The van der Waals surface area contributed by atoms with E-state index in [1.807, 2.05) is 7.05 Å². The SMILES string of the molecule is CNC(C)CCCCOC1CCCc2ccccc21. The van der Waals surface area contributed by atoms with Crippen molar-refractivity contribution < 1.29 is 4.74 Å². The second-order valence-electron chi connectivity index (χ2n) is 5.64. The van der Waals surface area contributed by atoms with Crippen LogP contribution in [0.25, 0.3) is 0 Å². The van der Waals surface area contributed by atoms with Crippen LogP contribution in [0.3, 0.4) is 0 Å². The molecule has 0 bridgehead atoms. The summed E-state index contributed by atoms with van der Waals surface area (Å²) in [4.78, 5) is 0. The number of nitrogens with one attached hydrogen (secondary N) is 1. The molecular formula is C17H27NO. The van der Waals surface area contributed by atoms with Gasteiger partial charge in [-0.15, -0.1) is 0 Å². The highest BCUT2D eigenvalue weighted by atomic mass is 16.5. The van der Waals surface area contributed by atoms with Crippen LogP contribution in [0.2, 0.25) is 0 Å². The first-order valence-corrected chi connectivity index (χ1v) is 7.68. The minimum Gasteiger partial charge on any atom is -0.374 e. The van der Waals surface area contributed by atoms with Crippen molar-refractivity contribution in [2.24, 2.45) is 0 Å². The third kappa shape index (κ3) is 4.32. The quantitative estimate of drug-likeness (QED) is 0.753. The van der Waals surface area contributed by atoms with Crippen molar-refractivity contribution in [1.82, 2.24) is 5.32 Å². The number of unbranched alkanes of at least 4 members (excludes halogenated alkanes) is 1. The molecule has 0 fully saturated rings. The average Bonchev–Trinajstić information content (AvgIpc) is 2.46. The summed E-state index contributed by atoms with van der Waals surface area (Å²) in [6.45, 7) is 3.13. The van der Waals surface area contributed by atoms with E-state index in [1.54, 1.807) is 0 Å². The van der Waals surface area contributed by atoms with Crippen molar-refractivity contribution in [3.8, 4) is 0 Å². The lowest BCUT2D eigenvalue weighted by Gasteiger charge is -2.25. The molecule has 2 atom stereocenters. The van der Waals surface area contributed by atoms with Crippen molar-refractivity contribution in [3.05, 3.63) is 35.4 Å². The zero-order chi connectivity index (χ0) is 13.5. The highest BCUT2D eigenvalue weighted by Gasteiger charge is 2.19. The Morgan fingerprint density at radius 2 is 2.16 bits per heavy atom. The van der Waals surface area contributed by atoms with Crippen LogP contribution in [0.15, 0.2) is 24.3 Å². The van der Waals surface area contributed by atoms with E-state index in [1.165, 1.54) is 49.7 Å². The van der Waals surface area contributed by atoms with Gasteiger partial charge >= 0.3 is 0 Å². The van der Waals surface area contributed by atoms with E-state index in [0.717, 1.165) is 6.61 Å². The van der Waals surface area contributed by atoms with Gasteiger partial charge < -0.3 is 10.1 Å². The minimum atomic E-state index is 0.340. The van der Waals surface area contributed by atoms with Crippen molar-refractivity contribution in [1.29, 1.82) is 0 Å². The van der Waals surface area contributed by atoms with Crippen LogP contribution in [-0.4, -0.2) is 19.7 Å². The van der Waals surface area contributed by atoms with Gasteiger partial charge in [-0.2, -0.15) is 0 Å². The van der Waals surface area contributed by atoms with Gasteiger partial charge in [0.2, 0.25) is 0 Å². The molecule has 0 aliphatic heterocycles. The maximum atomic E-state index is 6.10. The Bertz CT molecular complexity index is 377. The van der Waals surface area contributed by atoms with Crippen LogP contribution < -0.4 is 5.32 Å². The Morgan fingerprint density at radius 3 is 3.00 bits per heavy atom. The molecular weight excluding hydrogens is 234 g/mol. The molecule has 2 unspecified atom stereocenters. The lowest BCUT2D eigenvalue weighted by Crippen LogP contribution is -2.20. The van der Waals surface area contributed by atoms with Gasteiger partial charge in [0.25, 0.3) is 0 Å². The lowest BCUT2D eigenvalue weighted by atomic mass is 9.89. The predicted molar refractivity (Wildman–Crippen MR) is 80.4 cm³/mol. The molecule has 0 aromatic heterocycles. The molecule has 1 aliphatic carbocycles. The van der Waals surface area contributed by atoms with Gasteiger partial charge in [-0.1, -0.05) is 24.3 Å². The summed E-state index contributed by atoms with van der Waals surface area (Å²) in [5, 5.41) is 3.28. The first-order valence-electron chi connectivity index (χ1n) is 7.68. The number of benzene rings is 1. The Balaban J connectivity index is 1.72. The third-order valence-corrected chi connectivity index (χ3v) is 4.16. The first kappa shape index (κ1) is 14.5. The maximum absolute atomic E-state index is 6.10. The summed E-state index contributed by atoms with van der Waals surface area (Å²) in [5.41, 5.74) is 2.92. The van der Waals surface area contributed by atoms with Gasteiger partial charge in [0.1, 0.15) is 0 Å². The molecule has 106 valence electrons. The lowest BCUT2D eigenvalue weighted by molar-refractivity contribution is 0.0381. The summed E-state index contributed by atoms with van der Waals surface area (Å²) in [5.74, 6) is 0. The summed E-state index contributed by atoms with van der Waals surface area (Å²) in [6, 6.07) is 9.38. The first-order chi connectivity index (χ1) is 9.31. The number of aryl methyl sites for hydroxylation is 1. The van der Waals surface area contributed by atoms with Gasteiger partial charge in [0.15, 0.2) is 0 Å². The molecule has 0 radical (unpaired) electrons. The molecule has 1 aliphatic rings. The molecule has 0 amide bonds. The highest BCUT2D eigenvalue weighted by molar-refractivity contribution is 5.31. The monoisotopic (exact) mass is 261 g/mol. The molecule has 2 heteroatoms. The second-order valence-corrected chi connectivity index (χ2v) is 5.64. The molecule has 1 aromatic rings. The molecule has 2 nitrogen and oxygen atoms in total. The summed E-state index contributed by atoms with van der Waals surface area (Å²) in [6.07, 6.45) is 7.66. The number of ether oxygens (including phenoxy) is 1. The van der Waals surface area contributed by atoms with E-state index in [2.05, 4.69) is 36.5 Å². The highest BCUT2D eigenvalue weighted by Crippen LogP contribution is 2.32. The van der Waals surface area contributed by atoms with E-state index in [-0.39, 0.29) is 0 Å². The van der Waals surface area contributed by atoms with Gasteiger partial charge in [-0.25, -0.2) is 0 Å². The number of hydrogen-bond acceptors (Lipinski definition) is 2. The Hall–Kier alpha value is -0.860. The molecule has 19 heavy (non-hydrogen) atoms. The topological polar surface area (TPSA) is 21.3 Å². The fraction of sp³-hybridized carbons (Fsp3) is 0.647. The number of rotatable bonds is 7. The van der Waals surface area contributed by atoms with Crippen molar-refractivity contribution in [2.45, 2.75) is 57.6 Å². The maximum Gasteiger partial charge on any atom is 0.0827 e. The number of hydrogen-bond donors (Lipinski definition) is 1. The van der Waals surface area contributed by atoms with Gasteiger partial charge in [-0.3, -0.25) is 0 Å². The second kappa shape index (κ2) is 7.66. The fourth-order valence-corrected chi connectivity index (χ4v) is 2.81. The Morgan fingerprint density at radius 1 is 1.32 bits per heavy atom. The molecule has 0 heterocycles. The van der Waals surface area contributed by atoms with E-state index in [9.17, 15) is 0 Å². The van der Waals surface area contributed by atoms with Crippen molar-refractivity contribution >= 4 is 0 Å². The van der Waals surface area contributed by atoms with Gasteiger partial charge in [0.05, 0.1) is 6.10 Å². The van der Waals surface area contributed by atoms with Gasteiger partial charge in [0, 0.05) is 12.6 Å². The van der Waals surface area contributed by atoms with Crippen molar-refractivity contribution in [3.63, 3.8) is 0 Å². The minimum absolute atomic E-state index is 0.340. The summed E-state index contributed by atoms with van der Waals surface area (Å²) in [7, 11) is 2.03. The molecule has 2 rings (SSSR count). The molecule has 1 N–H and O–H groups in total. The Labute approximate surface area is 117 Å². The third-order valence-electron chi connectivity index (χ3n) is 4.16. The van der Waals surface area contributed by atoms with E-state index in [4.69, 9.17) is 4.74 Å². The van der Waals surface area contributed by atoms with Crippen LogP contribution in [0.1, 0.15) is 56.3 Å². The molecule has 0 saturated carbocycles. The standard InChI is InChI=1S/C17H27NO/c1-14(18-2)8-5-6-13-19-17-12-7-10-15-9-3-4-11-16(15)17/h3-4,9,11,14,17-18H,5-8,10,12-13H2,1-2H3.